The maximum Gasteiger partial charge on any atom is 0.325 e. The van der Waals surface area contributed by atoms with Gasteiger partial charge in [0.05, 0.1) is 12.2 Å². The molecule has 0 aromatic heterocycles. The van der Waals surface area contributed by atoms with E-state index >= 15 is 0 Å². The monoisotopic (exact) mass is 189 g/mol. The van der Waals surface area contributed by atoms with Gasteiger partial charge in [0, 0.05) is 0 Å². The molecule has 0 saturated heterocycles. The smallest absolute Gasteiger partial charge is 0.325 e. The van der Waals surface area contributed by atoms with Gasteiger partial charge in [-0.25, -0.2) is 0 Å². The van der Waals surface area contributed by atoms with Gasteiger partial charge in [-0.05, 0) is 19.8 Å². The standard InChI is InChI=1S/C9H19NO3/c1-5(2)8(11)7(10)9(12)13-6(3)4/h5-8,11H,10H2,1-4H3/t7-,8-/m0/s1. The van der Waals surface area contributed by atoms with E-state index in [9.17, 15) is 9.90 Å². The van der Waals surface area contributed by atoms with Gasteiger partial charge < -0.3 is 15.6 Å². The van der Waals surface area contributed by atoms with Crippen LogP contribution in [0, 0.1) is 5.92 Å². The van der Waals surface area contributed by atoms with Crippen molar-refractivity contribution in [2.75, 3.05) is 0 Å². The molecule has 4 heteroatoms. The third-order valence-electron chi connectivity index (χ3n) is 1.68. The third kappa shape index (κ3) is 4.24. The Hall–Kier alpha value is -0.610. The van der Waals surface area contributed by atoms with Crippen LogP contribution in [0.1, 0.15) is 27.7 Å². The summed E-state index contributed by atoms with van der Waals surface area (Å²) in [6.07, 6.45) is -1.04. The summed E-state index contributed by atoms with van der Waals surface area (Å²) in [6, 6.07) is -0.942. The van der Waals surface area contributed by atoms with E-state index in [1.807, 2.05) is 0 Å². The SMILES string of the molecule is CC(C)OC(=O)[C@@H](N)[C@@H](O)C(C)C. The van der Waals surface area contributed by atoms with E-state index in [1.54, 1.807) is 27.7 Å². The summed E-state index contributed by atoms with van der Waals surface area (Å²) >= 11 is 0. The lowest BCUT2D eigenvalue weighted by atomic mass is 10.0. The van der Waals surface area contributed by atoms with Crippen molar-refractivity contribution in [3.05, 3.63) is 0 Å². The third-order valence-corrected chi connectivity index (χ3v) is 1.68. The molecule has 0 aliphatic heterocycles. The molecular weight excluding hydrogens is 170 g/mol. The lowest BCUT2D eigenvalue weighted by molar-refractivity contribution is -0.152. The maximum absolute atomic E-state index is 11.2. The van der Waals surface area contributed by atoms with Crippen LogP contribution in [-0.2, 0) is 9.53 Å². The van der Waals surface area contributed by atoms with Crippen LogP contribution in [0.5, 0.6) is 0 Å². The van der Waals surface area contributed by atoms with Gasteiger partial charge >= 0.3 is 5.97 Å². The molecule has 0 rings (SSSR count). The van der Waals surface area contributed by atoms with Crippen LogP contribution in [-0.4, -0.2) is 29.3 Å². The minimum Gasteiger partial charge on any atom is -0.462 e. The molecule has 78 valence electrons. The fourth-order valence-electron chi connectivity index (χ4n) is 0.865. The highest BCUT2D eigenvalue weighted by Gasteiger charge is 2.26. The summed E-state index contributed by atoms with van der Waals surface area (Å²) < 4.78 is 4.86. The van der Waals surface area contributed by atoms with Gasteiger partial charge in [0.15, 0.2) is 0 Å². The molecule has 3 N–H and O–H groups in total. The van der Waals surface area contributed by atoms with Crippen molar-refractivity contribution in [1.29, 1.82) is 0 Å². The van der Waals surface area contributed by atoms with E-state index in [2.05, 4.69) is 0 Å². The van der Waals surface area contributed by atoms with Crippen molar-refractivity contribution in [2.24, 2.45) is 11.7 Å². The minimum atomic E-state index is -0.942. The van der Waals surface area contributed by atoms with E-state index in [0.29, 0.717) is 0 Å². The van der Waals surface area contributed by atoms with Gasteiger partial charge in [-0.1, -0.05) is 13.8 Å². The first-order chi connectivity index (χ1) is 5.86. The zero-order chi connectivity index (χ0) is 10.6. The first kappa shape index (κ1) is 12.4. The fourth-order valence-corrected chi connectivity index (χ4v) is 0.865. The van der Waals surface area contributed by atoms with Crippen molar-refractivity contribution in [3.8, 4) is 0 Å². The number of carbonyl (C=O) groups excluding carboxylic acids is 1. The van der Waals surface area contributed by atoms with Gasteiger partial charge in [-0.15, -0.1) is 0 Å². The van der Waals surface area contributed by atoms with Gasteiger partial charge in [-0.2, -0.15) is 0 Å². The summed E-state index contributed by atoms with van der Waals surface area (Å²) in [4.78, 5) is 11.2. The number of rotatable bonds is 4. The van der Waals surface area contributed by atoms with Gasteiger partial charge in [0.2, 0.25) is 0 Å². The number of aliphatic hydroxyl groups excluding tert-OH is 1. The van der Waals surface area contributed by atoms with Crippen LogP contribution in [0.4, 0.5) is 0 Å². The van der Waals surface area contributed by atoms with E-state index < -0.39 is 18.1 Å². The molecule has 0 aromatic rings. The first-order valence-electron chi connectivity index (χ1n) is 4.50. The molecule has 0 aliphatic rings. The molecular formula is C9H19NO3. The Morgan fingerprint density at radius 3 is 2.08 bits per heavy atom. The second-order valence-electron chi connectivity index (χ2n) is 3.75. The minimum absolute atomic E-state index is 0.0466. The van der Waals surface area contributed by atoms with Crippen LogP contribution < -0.4 is 5.73 Å². The Kier molecular flexibility index (Phi) is 4.95. The first-order valence-corrected chi connectivity index (χ1v) is 4.50. The highest BCUT2D eigenvalue weighted by molar-refractivity contribution is 5.76. The normalized spacial score (nSPS) is 16.0. The van der Waals surface area contributed by atoms with Gasteiger partial charge in [-0.3, -0.25) is 4.79 Å². The number of hydrogen-bond acceptors (Lipinski definition) is 4. The van der Waals surface area contributed by atoms with Crippen molar-refractivity contribution >= 4 is 5.97 Å². The van der Waals surface area contributed by atoms with Gasteiger partial charge in [0.25, 0.3) is 0 Å². The summed E-state index contributed by atoms with van der Waals surface area (Å²) in [7, 11) is 0. The molecule has 0 amide bonds. The average molecular weight is 189 g/mol. The van der Waals surface area contributed by atoms with Crippen LogP contribution in [0.3, 0.4) is 0 Å². The quantitative estimate of drug-likeness (QED) is 0.623. The second-order valence-corrected chi connectivity index (χ2v) is 3.75. The van der Waals surface area contributed by atoms with Crippen molar-refractivity contribution < 1.29 is 14.6 Å². The Labute approximate surface area is 79.1 Å². The summed E-state index contributed by atoms with van der Waals surface area (Å²) in [6.45, 7) is 7.08. The highest BCUT2D eigenvalue weighted by Crippen LogP contribution is 2.06. The second kappa shape index (κ2) is 5.19. The number of ether oxygens (including phenoxy) is 1. The highest BCUT2D eigenvalue weighted by atomic mass is 16.5. The molecule has 0 heterocycles. The Morgan fingerprint density at radius 2 is 1.77 bits per heavy atom. The average Bonchev–Trinajstić information content (AvgIpc) is 2.00. The van der Waals surface area contributed by atoms with Crippen molar-refractivity contribution in [2.45, 2.75) is 45.9 Å². The molecule has 0 aromatic carbocycles. The Morgan fingerprint density at radius 1 is 1.31 bits per heavy atom. The van der Waals surface area contributed by atoms with E-state index in [1.165, 1.54) is 0 Å². The largest absolute Gasteiger partial charge is 0.462 e. The fraction of sp³-hybridized carbons (Fsp3) is 0.889. The Bertz CT molecular complexity index is 168. The molecule has 0 radical (unpaired) electrons. The van der Waals surface area contributed by atoms with Crippen LogP contribution in [0.15, 0.2) is 0 Å². The predicted octanol–water partition coefficient (Wildman–Crippen LogP) is 0.282. The molecule has 2 atom stereocenters. The van der Waals surface area contributed by atoms with Crippen molar-refractivity contribution in [3.63, 3.8) is 0 Å². The summed E-state index contributed by atoms with van der Waals surface area (Å²) in [5.41, 5.74) is 5.49. The van der Waals surface area contributed by atoms with E-state index in [-0.39, 0.29) is 12.0 Å². The van der Waals surface area contributed by atoms with Crippen LogP contribution >= 0.6 is 0 Å². The Balaban J connectivity index is 4.09. The molecule has 0 aliphatic carbocycles. The van der Waals surface area contributed by atoms with Gasteiger partial charge in [0.1, 0.15) is 6.04 Å². The summed E-state index contributed by atoms with van der Waals surface area (Å²) in [5, 5.41) is 9.45. The molecule has 0 bridgehead atoms. The molecule has 4 nitrogen and oxygen atoms in total. The topological polar surface area (TPSA) is 72.5 Å². The summed E-state index contributed by atoms with van der Waals surface area (Å²) in [5.74, 6) is -0.592. The molecule has 0 fully saturated rings. The molecule has 0 spiro atoms. The lowest BCUT2D eigenvalue weighted by Gasteiger charge is -2.21. The maximum atomic E-state index is 11.2. The molecule has 13 heavy (non-hydrogen) atoms. The number of nitrogens with two attached hydrogens (primary N) is 1. The van der Waals surface area contributed by atoms with E-state index in [0.717, 1.165) is 0 Å². The van der Waals surface area contributed by atoms with E-state index in [4.69, 9.17) is 10.5 Å². The zero-order valence-electron chi connectivity index (χ0n) is 8.65. The van der Waals surface area contributed by atoms with Crippen LogP contribution in [0.25, 0.3) is 0 Å². The predicted molar refractivity (Wildman–Crippen MR) is 50.0 cm³/mol. The molecule has 0 unspecified atom stereocenters. The number of carbonyl (C=O) groups is 1. The number of aliphatic hydroxyl groups is 1. The van der Waals surface area contributed by atoms with Crippen LogP contribution in [0.2, 0.25) is 0 Å². The molecule has 0 saturated carbocycles. The zero-order valence-corrected chi connectivity index (χ0v) is 8.65. The lowest BCUT2D eigenvalue weighted by Crippen LogP contribution is -2.46. The number of hydrogen-bond donors (Lipinski definition) is 2. The van der Waals surface area contributed by atoms with Crippen molar-refractivity contribution in [1.82, 2.24) is 0 Å². The number of esters is 1.